The van der Waals surface area contributed by atoms with Gasteiger partial charge in [-0.3, -0.25) is 0 Å². The monoisotopic (exact) mass is 197 g/mol. The average Bonchev–Trinajstić information content (AvgIpc) is 2.61. The Bertz CT molecular complexity index is 247. The van der Waals surface area contributed by atoms with Gasteiger partial charge in [0.1, 0.15) is 0 Å². The van der Waals surface area contributed by atoms with Gasteiger partial charge in [0.2, 0.25) is 0 Å². The first-order valence-electron chi connectivity index (χ1n) is 4.94. The van der Waals surface area contributed by atoms with Crippen molar-refractivity contribution in [1.82, 2.24) is 4.37 Å². The summed E-state index contributed by atoms with van der Waals surface area (Å²) in [5.41, 5.74) is 0. The highest BCUT2D eigenvalue weighted by molar-refractivity contribution is 7.05. The minimum atomic E-state index is -0.0733. The molecule has 1 aromatic heterocycles. The zero-order chi connectivity index (χ0) is 9.10. The van der Waals surface area contributed by atoms with Crippen LogP contribution in [0.15, 0.2) is 12.3 Å². The first-order chi connectivity index (χ1) is 6.36. The molecular formula is C10H15NOS. The van der Waals surface area contributed by atoms with Gasteiger partial charge in [-0.05, 0) is 42.8 Å². The molecule has 0 saturated heterocycles. The second kappa shape index (κ2) is 4.20. The summed E-state index contributed by atoms with van der Waals surface area (Å²) in [5, 5.41) is 9.75. The highest BCUT2D eigenvalue weighted by Gasteiger charge is 2.23. The maximum absolute atomic E-state index is 9.75. The van der Waals surface area contributed by atoms with Crippen molar-refractivity contribution in [3.63, 3.8) is 0 Å². The number of hydrogen-bond acceptors (Lipinski definition) is 3. The minimum Gasteiger partial charge on any atom is -0.393 e. The van der Waals surface area contributed by atoms with Gasteiger partial charge < -0.3 is 5.11 Å². The van der Waals surface area contributed by atoms with E-state index in [0.29, 0.717) is 5.92 Å². The van der Waals surface area contributed by atoms with Crippen molar-refractivity contribution in [2.45, 2.75) is 38.2 Å². The number of aromatic nitrogens is 1. The summed E-state index contributed by atoms with van der Waals surface area (Å²) in [6, 6.07) is 2.06. The number of rotatable bonds is 2. The Morgan fingerprint density at radius 1 is 1.46 bits per heavy atom. The minimum absolute atomic E-state index is 0.0733. The standard InChI is InChI=1S/C10H15NOS/c12-10-4-2-1-3-8(10)7-9-5-6-11-13-9/h5-6,8,10,12H,1-4,7H2/t8-,10+/m0/s1. The number of nitrogens with zero attached hydrogens (tertiary/aromatic N) is 1. The fourth-order valence-corrected chi connectivity index (χ4v) is 2.70. The molecule has 1 fully saturated rings. The molecule has 0 unspecified atom stereocenters. The van der Waals surface area contributed by atoms with Gasteiger partial charge in [-0.1, -0.05) is 12.8 Å². The summed E-state index contributed by atoms with van der Waals surface area (Å²) in [7, 11) is 0. The number of aliphatic hydroxyl groups is 1. The van der Waals surface area contributed by atoms with Gasteiger partial charge in [0.25, 0.3) is 0 Å². The van der Waals surface area contributed by atoms with E-state index in [1.807, 2.05) is 6.20 Å². The van der Waals surface area contributed by atoms with Crippen LogP contribution in [0.2, 0.25) is 0 Å². The lowest BCUT2D eigenvalue weighted by Gasteiger charge is -2.26. The maximum Gasteiger partial charge on any atom is 0.0571 e. The molecule has 2 rings (SSSR count). The van der Waals surface area contributed by atoms with Crippen LogP contribution in [0.5, 0.6) is 0 Å². The molecule has 2 nitrogen and oxygen atoms in total. The summed E-state index contributed by atoms with van der Waals surface area (Å²) < 4.78 is 4.07. The molecule has 3 heteroatoms. The van der Waals surface area contributed by atoms with E-state index >= 15 is 0 Å². The van der Waals surface area contributed by atoms with Crippen molar-refractivity contribution in [2.75, 3.05) is 0 Å². The van der Waals surface area contributed by atoms with E-state index in [1.54, 1.807) is 11.5 Å². The summed E-state index contributed by atoms with van der Waals surface area (Å²) in [4.78, 5) is 1.31. The number of hydrogen-bond donors (Lipinski definition) is 1. The van der Waals surface area contributed by atoms with Gasteiger partial charge in [0.05, 0.1) is 6.10 Å². The molecule has 0 bridgehead atoms. The quantitative estimate of drug-likeness (QED) is 0.788. The molecule has 1 heterocycles. The number of aliphatic hydroxyl groups excluding tert-OH is 1. The second-order valence-corrected chi connectivity index (χ2v) is 4.71. The highest BCUT2D eigenvalue weighted by Crippen LogP contribution is 2.28. The van der Waals surface area contributed by atoms with E-state index in [9.17, 15) is 5.11 Å². The largest absolute Gasteiger partial charge is 0.393 e. The van der Waals surface area contributed by atoms with Crippen LogP contribution in [-0.2, 0) is 6.42 Å². The van der Waals surface area contributed by atoms with Crippen molar-refractivity contribution in [1.29, 1.82) is 0 Å². The Hall–Kier alpha value is -0.410. The van der Waals surface area contributed by atoms with E-state index in [-0.39, 0.29) is 6.10 Å². The molecule has 0 aromatic carbocycles. The Morgan fingerprint density at radius 3 is 3.00 bits per heavy atom. The van der Waals surface area contributed by atoms with Gasteiger partial charge >= 0.3 is 0 Å². The molecule has 0 radical (unpaired) electrons. The van der Waals surface area contributed by atoms with Crippen LogP contribution in [0.4, 0.5) is 0 Å². The van der Waals surface area contributed by atoms with Gasteiger partial charge in [-0.25, -0.2) is 4.37 Å². The van der Waals surface area contributed by atoms with Gasteiger partial charge in [-0.2, -0.15) is 0 Å². The maximum atomic E-state index is 9.75. The first-order valence-corrected chi connectivity index (χ1v) is 5.71. The summed E-state index contributed by atoms with van der Waals surface area (Å²) in [6.07, 6.45) is 7.43. The molecule has 0 amide bonds. The lowest BCUT2D eigenvalue weighted by Crippen LogP contribution is -2.25. The van der Waals surface area contributed by atoms with E-state index in [1.165, 1.54) is 24.1 Å². The van der Waals surface area contributed by atoms with Gasteiger partial charge in [0, 0.05) is 11.1 Å². The first kappa shape index (κ1) is 9.16. The molecule has 1 N–H and O–H groups in total. The van der Waals surface area contributed by atoms with Crippen molar-refractivity contribution < 1.29 is 5.11 Å². The van der Waals surface area contributed by atoms with Crippen molar-refractivity contribution in [3.05, 3.63) is 17.1 Å². The van der Waals surface area contributed by atoms with Crippen LogP contribution in [-0.4, -0.2) is 15.6 Å². The van der Waals surface area contributed by atoms with Gasteiger partial charge in [-0.15, -0.1) is 0 Å². The van der Waals surface area contributed by atoms with Crippen molar-refractivity contribution >= 4 is 11.5 Å². The lowest BCUT2D eigenvalue weighted by atomic mass is 9.84. The summed E-state index contributed by atoms with van der Waals surface area (Å²) in [5.74, 6) is 0.481. The SMILES string of the molecule is O[C@@H]1CCCC[C@H]1Cc1ccns1. The molecule has 0 spiro atoms. The van der Waals surface area contributed by atoms with Crippen LogP contribution in [0, 0.1) is 5.92 Å². The van der Waals surface area contributed by atoms with E-state index in [4.69, 9.17) is 0 Å². The van der Waals surface area contributed by atoms with Crippen LogP contribution in [0.25, 0.3) is 0 Å². The summed E-state index contributed by atoms with van der Waals surface area (Å²) >= 11 is 1.56. The molecular weight excluding hydrogens is 182 g/mol. The third-order valence-corrected chi connectivity index (χ3v) is 3.59. The zero-order valence-corrected chi connectivity index (χ0v) is 8.46. The predicted molar refractivity (Wildman–Crippen MR) is 53.8 cm³/mol. The Kier molecular flexibility index (Phi) is 2.96. The third-order valence-electron chi connectivity index (χ3n) is 2.82. The average molecular weight is 197 g/mol. The van der Waals surface area contributed by atoms with Gasteiger partial charge in [0.15, 0.2) is 0 Å². The fraction of sp³-hybridized carbons (Fsp3) is 0.700. The Morgan fingerprint density at radius 2 is 2.31 bits per heavy atom. The molecule has 1 saturated carbocycles. The molecule has 0 aliphatic heterocycles. The van der Waals surface area contributed by atoms with Crippen LogP contribution < -0.4 is 0 Å². The smallest absolute Gasteiger partial charge is 0.0571 e. The lowest BCUT2D eigenvalue weighted by molar-refractivity contribution is 0.0704. The fourth-order valence-electron chi connectivity index (χ4n) is 2.03. The Balaban J connectivity index is 1.93. The van der Waals surface area contributed by atoms with E-state index < -0.39 is 0 Å². The summed E-state index contributed by atoms with van der Waals surface area (Å²) in [6.45, 7) is 0. The molecule has 13 heavy (non-hydrogen) atoms. The molecule has 72 valence electrons. The zero-order valence-electron chi connectivity index (χ0n) is 7.65. The topological polar surface area (TPSA) is 33.1 Å². The molecule has 1 aromatic rings. The second-order valence-electron chi connectivity index (χ2n) is 3.79. The van der Waals surface area contributed by atoms with Crippen LogP contribution in [0.1, 0.15) is 30.6 Å². The van der Waals surface area contributed by atoms with Crippen LogP contribution >= 0.6 is 11.5 Å². The molecule has 1 aliphatic carbocycles. The third kappa shape index (κ3) is 2.29. The molecule has 1 aliphatic rings. The van der Waals surface area contributed by atoms with Crippen LogP contribution in [0.3, 0.4) is 0 Å². The Labute approximate surface area is 82.8 Å². The van der Waals surface area contributed by atoms with E-state index in [2.05, 4.69) is 10.4 Å². The predicted octanol–water partition coefficient (Wildman–Crippen LogP) is 2.24. The van der Waals surface area contributed by atoms with Crippen molar-refractivity contribution in [2.24, 2.45) is 5.92 Å². The molecule has 2 atom stereocenters. The highest BCUT2D eigenvalue weighted by atomic mass is 32.1. The van der Waals surface area contributed by atoms with E-state index in [0.717, 1.165) is 12.8 Å². The van der Waals surface area contributed by atoms with Crippen molar-refractivity contribution in [3.8, 4) is 0 Å². The normalized spacial score (nSPS) is 29.0.